The first-order chi connectivity index (χ1) is 9.04. The maximum absolute atomic E-state index is 6.11. The van der Waals surface area contributed by atoms with Crippen molar-refractivity contribution in [3.63, 3.8) is 0 Å². The molecule has 0 atom stereocenters. The van der Waals surface area contributed by atoms with Gasteiger partial charge in [-0.15, -0.1) is 0 Å². The number of pyridine rings is 1. The number of halogens is 2. The van der Waals surface area contributed by atoms with Crippen LogP contribution >= 0.6 is 23.2 Å². The molecule has 106 valence electrons. The molecule has 1 fully saturated rings. The zero-order valence-electron chi connectivity index (χ0n) is 11.6. The molecule has 2 heterocycles. The standard InChI is InChI=1S/C14H21Cl2N3/c1-11(2)9-18-5-7-19(8-6-18)10-12-3-4-13(15)17-14(12)16/h3-4,11H,5-10H2,1-2H3. The summed E-state index contributed by atoms with van der Waals surface area (Å²) in [6.07, 6.45) is 0. The lowest BCUT2D eigenvalue weighted by Gasteiger charge is -2.35. The molecular weight excluding hydrogens is 281 g/mol. The minimum absolute atomic E-state index is 0.454. The van der Waals surface area contributed by atoms with Gasteiger partial charge in [0.15, 0.2) is 0 Å². The summed E-state index contributed by atoms with van der Waals surface area (Å²) in [5.74, 6) is 0.737. The highest BCUT2D eigenvalue weighted by molar-refractivity contribution is 6.32. The van der Waals surface area contributed by atoms with Crippen molar-refractivity contribution in [1.29, 1.82) is 0 Å². The second-order valence-corrected chi connectivity index (χ2v) is 6.30. The van der Waals surface area contributed by atoms with Crippen molar-refractivity contribution in [3.05, 3.63) is 28.0 Å². The second-order valence-electron chi connectivity index (χ2n) is 5.55. The summed E-state index contributed by atoms with van der Waals surface area (Å²) < 4.78 is 0. The predicted octanol–water partition coefficient (Wildman–Crippen LogP) is 3.16. The fourth-order valence-electron chi connectivity index (χ4n) is 2.45. The zero-order valence-corrected chi connectivity index (χ0v) is 13.1. The molecule has 1 saturated heterocycles. The van der Waals surface area contributed by atoms with Gasteiger partial charge in [0.2, 0.25) is 0 Å². The van der Waals surface area contributed by atoms with Crippen LogP contribution < -0.4 is 0 Å². The fraction of sp³-hybridized carbons (Fsp3) is 0.643. The lowest BCUT2D eigenvalue weighted by Crippen LogP contribution is -2.46. The highest BCUT2D eigenvalue weighted by Crippen LogP contribution is 2.19. The Morgan fingerprint density at radius 3 is 2.32 bits per heavy atom. The summed E-state index contributed by atoms with van der Waals surface area (Å²) in [5, 5.41) is 0.979. The van der Waals surface area contributed by atoms with Crippen LogP contribution in [0.1, 0.15) is 19.4 Å². The molecule has 1 aliphatic rings. The first-order valence-electron chi connectivity index (χ1n) is 6.80. The van der Waals surface area contributed by atoms with Crippen molar-refractivity contribution in [1.82, 2.24) is 14.8 Å². The summed E-state index contributed by atoms with van der Waals surface area (Å²) >= 11 is 11.9. The molecule has 19 heavy (non-hydrogen) atoms. The first-order valence-corrected chi connectivity index (χ1v) is 7.56. The molecule has 0 aromatic carbocycles. The summed E-state index contributed by atoms with van der Waals surface area (Å²) in [5.41, 5.74) is 1.06. The lowest BCUT2D eigenvalue weighted by atomic mass is 10.2. The average Bonchev–Trinajstić information content (AvgIpc) is 2.34. The van der Waals surface area contributed by atoms with E-state index < -0.39 is 0 Å². The number of nitrogens with zero attached hydrogens (tertiary/aromatic N) is 3. The van der Waals surface area contributed by atoms with E-state index in [1.54, 1.807) is 6.07 Å². The summed E-state index contributed by atoms with van der Waals surface area (Å²) in [4.78, 5) is 9.04. The van der Waals surface area contributed by atoms with Crippen LogP contribution in [0.4, 0.5) is 0 Å². The van der Waals surface area contributed by atoms with E-state index in [1.165, 1.54) is 6.54 Å². The van der Waals surface area contributed by atoms with Gasteiger partial charge >= 0.3 is 0 Å². The molecule has 0 spiro atoms. The van der Waals surface area contributed by atoms with Crippen molar-refractivity contribution in [2.75, 3.05) is 32.7 Å². The van der Waals surface area contributed by atoms with Crippen molar-refractivity contribution in [2.45, 2.75) is 20.4 Å². The van der Waals surface area contributed by atoms with E-state index in [9.17, 15) is 0 Å². The van der Waals surface area contributed by atoms with Gasteiger partial charge in [0.25, 0.3) is 0 Å². The minimum atomic E-state index is 0.454. The summed E-state index contributed by atoms with van der Waals surface area (Å²) in [6.45, 7) is 11.0. The van der Waals surface area contributed by atoms with Crippen molar-refractivity contribution in [3.8, 4) is 0 Å². The molecule has 1 aromatic heterocycles. The zero-order chi connectivity index (χ0) is 13.8. The van der Waals surface area contributed by atoms with Gasteiger partial charge in [-0.1, -0.05) is 43.1 Å². The molecule has 0 radical (unpaired) electrons. The molecule has 0 N–H and O–H groups in total. The van der Waals surface area contributed by atoms with Crippen molar-refractivity contribution >= 4 is 23.2 Å². The van der Waals surface area contributed by atoms with Crippen LogP contribution in [-0.4, -0.2) is 47.5 Å². The quantitative estimate of drug-likeness (QED) is 0.796. The average molecular weight is 302 g/mol. The van der Waals surface area contributed by atoms with E-state index >= 15 is 0 Å². The Hall–Kier alpha value is -0.350. The van der Waals surface area contributed by atoms with Gasteiger partial charge in [0.05, 0.1) is 0 Å². The number of aromatic nitrogens is 1. The summed E-state index contributed by atoms with van der Waals surface area (Å²) in [7, 11) is 0. The third-order valence-electron chi connectivity index (χ3n) is 3.37. The van der Waals surface area contributed by atoms with Crippen LogP contribution in [0.3, 0.4) is 0 Å². The number of rotatable bonds is 4. The third-order valence-corrected chi connectivity index (χ3v) is 3.91. The first kappa shape index (κ1) is 15.0. The van der Waals surface area contributed by atoms with Crippen LogP contribution in [0, 0.1) is 5.92 Å². The Morgan fingerprint density at radius 2 is 1.74 bits per heavy atom. The monoisotopic (exact) mass is 301 g/mol. The highest BCUT2D eigenvalue weighted by atomic mass is 35.5. The second kappa shape index (κ2) is 6.89. The molecule has 1 aliphatic heterocycles. The topological polar surface area (TPSA) is 19.4 Å². The largest absolute Gasteiger partial charge is 0.301 e. The third kappa shape index (κ3) is 4.60. The van der Waals surface area contributed by atoms with Crippen LogP contribution in [0.2, 0.25) is 10.3 Å². The van der Waals surface area contributed by atoms with Crippen LogP contribution in [0.25, 0.3) is 0 Å². The van der Waals surface area contributed by atoms with Gasteiger partial charge in [0.1, 0.15) is 10.3 Å². The van der Waals surface area contributed by atoms with E-state index in [0.29, 0.717) is 10.3 Å². The van der Waals surface area contributed by atoms with Crippen LogP contribution in [0.15, 0.2) is 12.1 Å². The van der Waals surface area contributed by atoms with E-state index in [0.717, 1.165) is 44.2 Å². The number of hydrogen-bond donors (Lipinski definition) is 0. The number of hydrogen-bond acceptors (Lipinski definition) is 3. The van der Waals surface area contributed by atoms with E-state index in [-0.39, 0.29) is 0 Å². The number of piperazine rings is 1. The highest BCUT2D eigenvalue weighted by Gasteiger charge is 2.18. The van der Waals surface area contributed by atoms with Gasteiger partial charge in [-0.05, 0) is 12.0 Å². The van der Waals surface area contributed by atoms with Crippen molar-refractivity contribution < 1.29 is 0 Å². The van der Waals surface area contributed by atoms with Gasteiger partial charge < -0.3 is 4.90 Å². The molecule has 0 amide bonds. The lowest BCUT2D eigenvalue weighted by molar-refractivity contribution is 0.117. The Kier molecular flexibility index (Phi) is 5.46. The smallest absolute Gasteiger partial charge is 0.135 e. The molecule has 0 aliphatic carbocycles. The molecule has 0 bridgehead atoms. The van der Waals surface area contributed by atoms with Gasteiger partial charge in [-0.3, -0.25) is 4.90 Å². The van der Waals surface area contributed by atoms with E-state index in [2.05, 4.69) is 28.6 Å². The van der Waals surface area contributed by atoms with Crippen molar-refractivity contribution in [2.24, 2.45) is 5.92 Å². The Balaban J connectivity index is 1.85. The normalized spacial score (nSPS) is 18.2. The predicted molar refractivity (Wildman–Crippen MR) is 80.8 cm³/mol. The van der Waals surface area contributed by atoms with Gasteiger partial charge in [0, 0.05) is 44.8 Å². The summed E-state index contributed by atoms with van der Waals surface area (Å²) in [6, 6.07) is 3.77. The fourth-order valence-corrected chi connectivity index (χ4v) is 2.85. The van der Waals surface area contributed by atoms with Crippen LogP contribution in [-0.2, 0) is 6.54 Å². The SMILES string of the molecule is CC(C)CN1CCN(Cc2ccc(Cl)nc2Cl)CC1. The molecule has 0 saturated carbocycles. The van der Waals surface area contributed by atoms with Crippen LogP contribution in [0.5, 0.6) is 0 Å². The molecule has 5 heteroatoms. The molecule has 0 unspecified atom stereocenters. The Morgan fingerprint density at radius 1 is 1.11 bits per heavy atom. The van der Waals surface area contributed by atoms with Gasteiger partial charge in [-0.2, -0.15) is 0 Å². The molecule has 3 nitrogen and oxygen atoms in total. The minimum Gasteiger partial charge on any atom is -0.301 e. The maximum atomic E-state index is 6.11. The van der Waals surface area contributed by atoms with Gasteiger partial charge in [-0.25, -0.2) is 4.98 Å². The Bertz CT molecular complexity index is 415. The molecular formula is C14H21Cl2N3. The van der Waals surface area contributed by atoms with E-state index in [4.69, 9.17) is 23.2 Å². The molecule has 1 aromatic rings. The maximum Gasteiger partial charge on any atom is 0.135 e. The molecule has 2 rings (SSSR count). The van der Waals surface area contributed by atoms with E-state index in [1.807, 2.05) is 6.07 Å². The Labute approximate surface area is 125 Å².